The van der Waals surface area contributed by atoms with Crippen molar-refractivity contribution in [2.75, 3.05) is 12.0 Å². The van der Waals surface area contributed by atoms with Gasteiger partial charge < -0.3 is 23.9 Å². The van der Waals surface area contributed by atoms with Gasteiger partial charge in [0.05, 0.1) is 12.7 Å². The van der Waals surface area contributed by atoms with Crippen molar-refractivity contribution in [2.45, 2.75) is 31.8 Å². The SMILES string of the molecule is COc1ccc2c(c1OCc1ccc(C(F)(F)F)cc1)CC(C(=O)O)N(c1nc3ccc(F)cc3o1)C2. The number of benzene rings is 3. The number of nitrogens with zero attached hydrogens (tertiary/aromatic N) is 2. The standard InChI is InChI=1S/C26H20F4N2O5/c1-35-21-9-4-15-12-32(25-31-19-8-7-17(27)10-22(19)37-25)20(24(33)34)11-18(15)23(21)36-13-14-2-5-16(6-3-14)26(28,29)30/h2-10,20H,11-13H2,1H3,(H,33,34). The van der Waals surface area contributed by atoms with Gasteiger partial charge >= 0.3 is 12.1 Å². The highest BCUT2D eigenvalue weighted by Gasteiger charge is 2.37. The number of alkyl halides is 3. The predicted molar refractivity (Wildman–Crippen MR) is 124 cm³/mol. The van der Waals surface area contributed by atoms with Crippen LogP contribution in [0.1, 0.15) is 22.3 Å². The van der Waals surface area contributed by atoms with Crippen LogP contribution in [0.2, 0.25) is 0 Å². The highest BCUT2D eigenvalue weighted by Crippen LogP contribution is 2.40. The first-order valence-electron chi connectivity index (χ1n) is 11.2. The van der Waals surface area contributed by atoms with Crippen molar-refractivity contribution in [3.8, 4) is 11.5 Å². The summed E-state index contributed by atoms with van der Waals surface area (Å²) in [6.45, 7) is 0.0608. The van der Waals surface area contributed by atoms with Crippen LogP contribution >= 0.6 is 0 Å². The lowest BCUT2D eigenvalue weighted by Gasteiger charge is -2.34. The van der Waals surface area contributed by atoms with E-state index in [9.17, 15) is 27.5 Å². The normalized spacial score (nSPS) is 15.5. The summed E-state index contributed by atoms with van der Waals surface area (Å²) in [5.41, 5.74) is 1.64. The van der Waals surface area contributed by atoms with Crippen LogP contribution in [-0.4, -0.2) is 29.2 Å². The maximum Gasteiger partial charge on any atom is 0.416 e. The summed E-state index contributed by atoms with van der Waals surface area (Å²) in [7, 11) is 1.44. The molecule has 0 fully saturated rings. The number of hydrogen-bond donors (Lipinski definition) is 1. The molecule has 0 radical (unpaired) electrons. The van der Waals surface area contributed by atoms with Crippen molar-refractivity contribution in [2.24, 2.45) is 0 Å². The Bertz CT molecular complexity index is 1470. The summed E-state index contributed by atoms with van der Waals surface area (Å²) in [6, 6.07) is 10.9. The quantitative estimate of drug-likeness (QED) is 0.335. The molecule has 192 valence electrons. The van der Waals surface area contributed by atoms with Gasteiger partial charge in [0.1, 0.15) is 24.0 Å². The molecule has 0 saturated heterocycles. The Morgan fingerprint density at radius 1 is 1.16 bits per heavy atom. The topological polar surface area (TPSA) is 85.0 Å². The molecule has 0 aliphatic carbocycles. The molecule has 1 N–H and O–H groups in total. The van der Waals surface area contributed by atoms with Crippen LogP contribution in [-0.2, 0) is 30.5 Å². The number of hydrogen-bond acceptors (Lipinski definition) is 6. The van der Waals surface area contributed by atoms with E-state index in [2.05, 4.69) is 4.98 Å². The Kier molecular flexibility index (Phi) is 6.14. The lowest BCUT2D eigenvalue weighted by atomic mass is 9.93. The van der Waals surface area contributed by atoms with Crippen LogP contribution < -0.4 is 14.4 Å². The molecular formula is C26H20F4N2O5. The monoisotopic (exact) mass is 516 g/mol. The maximum absolute atomic E-state index is 13.6. The third kappa shape index (κ3) is 4.76. The molecule has 0 bridgehead atoms. The van der Waals surface area contributed by atoms with Gasteiger partial charge in [-0.05, 0) is 41.5 Å². The van der Waals surface area contributed by atoms with Gasteiger partial charge in [0.15, 0.2) is 17.1 Å². The first kappa shape index (κ1) is 24.4. The molecule has 1 unspecified atom stereocenters. The molecule has 0 spiro atoms. The van der Waals surface area contributed by atoms with Crippen LogP contribution in [0.15, 0.2) is 59.0 Å². The second kappa shape index (κ2) is 9.30. The van der Waals surface area contributed by atoms with Gasteiger partial charge in [0, 0.05) is 24.6 Å². The van der Waals surface area contributed by atoms with E-state index in [1.54, 1.807) is 12.1 Å². The third-order valence-corrected chi connectivity index (χ3v) is 6.19. The molecule has 7 nitrogen and oxygen atoms in total. The van der Waals surface area contributed by atoms with Gasteiger partial charge in [0.25, 0.3) is 6.01 Å². The molecule has 4 aromatic rings. The molecule has 37 heavy (non-hydrogen) atoms. The number of carboxylic acids is 1. The number of methoxy groups -OCH3 is 1. The molecule has 1 aromatic heterocycles. The number of halogens is 4. The van der Waals surface area contributed by atoms with E-state index < -0.39 is 29.6 Å². The zero-order chi connectivity index (χ0) is 26.3. The number of oxazole rings is 1. The Morgan fingerprint density at radius 3 is 2.59 bits per heavy atom. The van der Waals surface area contributed by atoms with Gasteiger partial charge in [-0.3, -0.25) is 0 Å². The summed E-state index contributed by atoms with van der Waals surface area (Å²) in [6.07, 6.45) is -4.43. The highest BCUT2D eigenvalue weighted by molar-refractivity contribution is 5.81. The number of aromatic nitrogens is 1. The van der Waals surface area contributed by atoms with E-state index in [4.69, 9.17) is 13.9 Å². The Hall–Kier alpha value is -4.28. The van der Waals surface area contributed by atoms with Crippen LogP contribution in [0.4, 0.5) is 23.6 Å². The maximum atomic E-state index is 13.6. The van der Waals surface area contributed by atoms with E-state index in [1.165, 1.54) is 42.3 Å². The molecular weight excluding hydrogens is 496 g/mol. The smallest absolute Gasteiger partial charge is 0.416 e. The highest BCUT2D eigenvalue weighted by atomic mass is 19.4. The number of ether oxygens (including phenoxy) is 2. The third-order valence-electron chi connectivity index (χ3n) is 6.19. The molecule has 1 atom stereocenters. The molecule has 3 aromatic carbocycles. The first-order valence-corrected chi connectivity index (χ1v) is 11.2. The number of aliphatic carboxylic acids is 1. The van der Waals surface area contributed by atoms with Gasteiger partial charge in [-0.25, -0.2) is 9.18 Å². The lowest BCUT2D eigenvalue weighted by Crippen LogP contribution is -2.46. The summed E-state index contributed by atoms with van der Waals surface area (Å²) >= 11 is 0. The lowest BCUT2D eigenvalue weighted by molar-refractivity contribution is -0.139. The summed E-state index contributed by atoms with van der Waals surface area (Å²) < 4.78 is 69.3. The zero-order valence-corrected chi connectivity index (χ0v) is 19.4. The summed E-state index contributed by atoms with van der Waals surface area (Å²) in [5, 5.41) is 10.00. The second-order valence-electron chi connectivity index (χ2n) is 8.51. The Labute approximate surface area is 207 Å². The van der Waals surface area contributed by atoms with E-state index in [1.807, 2.05) is 0 Å². The van der Waals surface area contributed by atoms with Crippen molar-refractivity contribution < 1.29 is 41.4 Å². The number of anilines is 1. The second-order valence-corrected chi connectivity index (χ2v) is 8.51. The van der Waals surface area contributed by atoms with Crippen LogP contribution in [0.25, 0.3) is 11.1 Å². The van der Waals surface area contributed by atoms with E-state index in [-0.39, 0.29) is 31.2 Å². The predicted octanol–water partition coefficient (Wildman–Crippen LogP) is 5.59. The number of carbonyl (C=O) groups is 1. The van der Waals surface area contributed by atoms with E-state index in [0.29, 0.717) is 28.1 Å². The van der Waals surface area contributed by atoms with Crippen LogP contribution in [0, 0.1) is 5.82 Å². The molecule has 11 heteroatoms. The Balaban J connectivity index is 1.46. The molecule has 0 saturated carbocycles. The zero-order valence-electron chi connectivity index (χ0n) is 19.4. The Morgan fingerprint density at radius 2 is 1.92 bits per heavy atom. The number of carboxylic acid groups (broad SMARTS) is 1. The molecule has 0 amide bonds. The molecule has 1 aliphatic heterocycles. The fraction of sp³-hybridized carbons (Fsp3) is 0.231. The van der Waals surface area contributed by atoms with Gasteiger partial charge in [-0.1, -0.05) is 18.2 Å². The molecule has 1 aliphatic rings. The first-order chi connectivity index (χ1) is 17.6. The minimum atomic E-state index is -4.44. The van der Waals surface area contributed by atoms with Gasteiger partial charge in [-0.2, -0.15) is 18.2 Å². The largest absolute Gasteiger partial charge is 0.493 e. The summed E-state index contributed by atoms with van der Waals surface area (Å²) in [4.78, 5) is 18.1. The van der Waals surface area contributed by atoms with Gasteiger partial charge in [-0.15, -0.1) is 0 Å². The van der Waals surface area contributed by atoms with Crippen molar-refractivity contribution in [1.82, 2.24) is 4.98 Å². The van der Waals surface area contributed by atoms with Gasteiger partial charge in [0.2, 0.25) is 0 Å². The number of fused-ring (bicyclic) bond motifs is 2. The van der Waals surface area contributed by atoms with Crippen molar-refractivity contribution >= 4 is 23.1 Å². The fourth-order valence-electron chi connectivity index (χ4n) is 4.31. The van der Waals surface area contributed by atoms with E-state index in [0.717, 1.165) is 17.7 Å². The summed E-state index contributed by atoms with van der Waals surface area (Å²) in [5.74, 6) is -0.961. The van der Waals surface area contributed by atoms with Crippen molar-refractivity contribution in [3.05, 3.63) is 82.7 Å². The minimum Gasteiger partial charge on any atom is -0.493 e. The average Bonchev–Trinajstić information content (AvgIpc) is 3.29. The fourth-order valence-corrected chi connectivity index (χ4v) is 4.31. The van der Waals surface area contributed by atoms with Crippen LogP contribution in [0.3, 0.4) is 0 Å². The van der Waals surface area contributed by atoms with Crippen LogP contribution in [0.5, 0.6) is 11.5 Å². The van der Waals surface area contributed by atoms with E-state index >= 15 is 0 Å². The molecule has 5 rings (SSSR count). The van der Waals surface area contributed by atoms with Crippen molar-refractivity contribution in [3.63, 3.8) is 0 Å². The minimum absolute atomic E-state index is 0.0112. The van der Waals surface area contributed by atoms with Crippen molar-refractivity contribution in [1.29, 1.82) is 0 Å². The number of rotatable bonds is 6. The molecule has 2 heterocycles. The average molecular weight is 516 g/mol.